The number of carbonyl (C=O) groups excluding carboxylic acids is 1. The van der Waals surface area contributed by atoms with E-state index in [1.807, 2.05) is 0 Å². The van der Waals surface area contributed by atoms with Crippen LogP contribution in [0, 0.1) is 0 Å². The van der Waals surface area contributed by atoms with E-state index in [4.69, 9.17) is 0 Å². The van der Waals surface area contributed by atoms with Crippen LogP contribution in [0.25, 0.3) is 0 Å². The number of pyridine rings is 1. The highest BCUT2D eigenvalue weighted by Crippen LogP contribution is 2.30. The zero-order valence-corrected chi connectivity index (χ0v) is 9.18. The van der Waals surface area contributed by atoms with Gasteiger partial charge in [0.05, 0.1) is 5.56 Å². The molecule has 0 fully saturated rings. The summed E-state index contributed by atoms with van der Waals surface area (Å²) in [5, 5.41) is 9.60. The van der Waals surface area contributed by atoms with Gasteiger partial charge in [-0.2, -0.15) is 0 Å². The van der Waals surface area contributed by atoms with Crippen LogP contribution in [0.5, 0.6) is 5.75 Å². The van der Waals surface area contributed by atoms with Crippen molar-refractivity contribution in [2.75, 3.05) is 0 Å². The molecule has 2 aromatic rings. The van der Waals surface area contributed by atoms with Gasteiger partial charge >= 0.3 is 0 Å². The van der Waals surface area contributed by atoms with Crippen molar-refractivity contribution < 1.29 is 18.7 Å². The largest absolute Gasteiger partial charge is 0.507 e. The van der Waals surface area contributed by atoms with E-state index in [0.717, 1.165) is 6.07 Å². The van der Waals surface area contributed by atoms with Gasteiger partial charge in [0.1, 0.15) is 5.75 Å². The molecule has 2 rings (SSSR count). The van der Waals surface area contributed by atoms with Gasteiger partial charge in [-0.25, -0.2) is 8.78 Å². The number of alkyl halides is 2. The normalized spacial score (nSPS) is 10.6. The number of halogens is 2. The fourth-order valence-electron chi connectivity index (χ4n) is 1.63. The summed E-state index contributed by atoms with van der Waals surface area (Å²) in [6.07, 6.45) is -0.0904. The molecule has 1 N–H and O–H groups in total. The molecule has 0 bridgehead atoms. The first-order valence-electron chi connectivity index (χ1n) is 5.16. The SMILES string of the molecule is O=C(c1cccnc1)c1c(O)cccc1C(F)F. The van der Waals surface area contributed by atoms with Gasteiger partial charge in [0.25, 0.3) is 6.43 Å². The molecule has 0 amide bonds. The average Bonchev–Trinajstić information content (AvgIpc) is 2.38. The maximum atomic E-state index is 12.8. The predicted octanol–water partition coefficient (Wildman–Crippen LogP) is 2.96. The third-order valence-corrected chi connectivity index (χ3v) is 2.46. The number of hydrogen-bond donors (Lipinski definition) is 1. The number of benzene rings is 1. The molecule has 18 heavy (non-hydrogen) atoms. The number of aromatic nitrogens is 1. The molecule has 1 aromatic heterocycles. The summed E-state index contributed by atoms with van der Waals surface area (Å²) in [6.45, 7) is 0. The molecule has 5 heteroatoms. The molecule has 0 aliphatic heterocycles. The van der Waals surface area contributed by atoms with E-state index in [-0.39, 0.29) is 11.1 Å². The number of ketones is 1. The minimum atomic E-state index is -2.83. The topological polar surface area (TPSA) is 50.2 Å². The van der Waals surface area contributed by atoms with Crippen molar-refractivity contribution in [3.8, 4) is 5.75 Å². The van der Waals surface area contributed by atoms with Crippen molar-refractivity contribution in [3.05, 3.63) is 59.4 Å². The van der Waals surface area contributed by atoms with Gasteiger partial charge in [0, 0.05) is 23.5 Å². The lowest BCUT2D eigenvalue weighted by Crippen LogP contribution is -2.06. The first kappa shape index (κ1) is 12.2. The van der Waals surface area contributed by atoms with Gasteiger partial charge in [-0.1, -0.05) is 12.1 Å². The van der Waals surface area contributed by atoms with Crippen LogP contribution in [0.2, 0.25) is 0 Å². The second-order valence-electron chi connectivity index (χ2n) is 3.61. The van der Waals surface area contributed by atoms with Crippen molar-refractivity contribution in [1.82, 2.24) is 4.98 Å². The Labute approximate surface area is 102 Å². The van der Waals surface area contributed by atoms with E-state index in [1.54, 1.807) is 0 Å². The Kier molecular flexibility index (Phi) is 3.32. The van der Waals surface area contributed by atoms with Crippen LogP contribution in [0.1, 0.15) is 27.9 Å². The Bertz CT molecular complexity index is 570. The number of aromatic hydroxyl groups is 1. The monoisotopic (exact) mass is 249 g/mol. The first-order valence-corrected chi connectivity index (χ1v) is 5.16. The number of carbonyl (C=O) groups is 1. The zero-order valence-electron chi connectivity index (χ0n) is 9.18. The molecule has 0 saturated carbocycles. The predicted molar refractivity (Wildman–Crippen MR) is 60.7 cm³/mol. The maximum absolute atomic E-state index is 12.8. The van der Waals surface area contributed by atoms with Crippen LogP contribution in [0.4, 0.5) is 8.78 Å². The summed E-state index contributed by atoms with van der Waals surface area (Å²) in [5.41, 5.74) is -0.703. The summed E-state index contributed by atoms with van der Waals surface area (Å²) < 4.78 is 25.6. The first-order chi connectivity index (χ1) is 8.61. The van der Waals surface area contributed by atoms with E-state index in [0.29, 0.717) is 0 Å². The fraction of sp³-hybridized carbons (Fsp3) is 0.0769. The molecule has 1 heterocycles. The number of phenolic OH excluding ortho intramolecular Hbond substituents is 1. The smallest absolute Gasteiger partial charge is 0.264 e. The lowest BCUT2D eigenvalue weighted by Gasteiger charge is -2.09. The molecule has 0 aliphatic carbocycles. The van der Waals surface area contributed by atoms with Crippen molar-refractivity contribution in [2.24, 2.45) is 0 Å². The summed E-state index contributed by atoms with van der Waals surface area (Å²) in [4.78, 5) is 15.8. The standard InChI is InChI=1S/C13H9F2NO2/c14-13(15)9-4-1-5-10(17)11(9)12(18)8-3-2-6-16-7-8/h1-7,13,17H. The van der Waals surface area contributed by atoms with E-state index in [1.165, 1.54) is 36.7 Å². The van der Waals surface area contributed by atoms with Gasteiger partial charge in [0.2, 0.25) is 0 Å². The highest BCUT2D eigenvalue weighted by molar-refractivity contribution is 6.11. The van der Waals surface area contributed by atoms with Gasteiger partial charge in [-0.05, 0) is 18.2 Å². The van der Waals surface area contributed by atoms with Crippen LogP contribution < -0.4 is 0 Å². The summed E-state index contributed by atoms with van der Waals surface area (Å²) in [6, 6.07) is 6.58. The molecule has 0 spiro atoms. The molecule has 0 saturated heterocycles. The van der Waals surface area contributed by atoms with Crippen LogP contribution in [-0.4, -0.2) is 15.9 Å². The Morgan fingerprint density at radius 1 is 1.22 bits per heavy atom. The fourth-order valence-corrected chi connectivity index (χ4v) is 1.63. The molecule has 0 unspecified atom stereocenters. The zero-order chi connectivity index (χ0) is 13.1. The average molecular weight is 249 g/mol. The summed E-state index contributed by atoms with van der Waals surface area (Å²) >= 11 is 0. The second kappa shape index (κ2) is 4.91. The number of rotatable bonds is 3. The Morgan fingerprint density at radius 3 is 2.61 bits per heavy atom. The number of hydrogen-bond acceptors (Lipinski definition) is 3. The van der Waals surface area contributed by atoms with Crippen LogP contribution in [0.15, 0.2) is 42.7 Å². The van der Waals surface area contributed by atoms with E-state index >= 15 is 0 Å². The minimum absolute atomic E-state index is 0.154. The van der Waals surface area contributed by atoms with E-state index < -0.39 is 23.5 Å². The lowest BCUT2D eigenvalue weighted by atomic mass is 9.98. The van der Waals surface area contributed by atoms with Gasteiger partial charge in [0.15, 0.2) is 5.78 Å². The third-order valence-electron chi connectivity index (χ3n) is 2.46. The summed E-state index contributed by atoms with van der Waals surface area (Å²) in [7, 11) is 0. The highest BCUT2D eigenvalue weighted by atomic mass is 19.3. The quantitative estimate of drug-likeness (QED) is 0.851. The second-order valence-corrected chi connectivity index (χ2v) is 3.61. The number of phenols is 1. The number of nitrogens with zero attached hydrogens (tertiary/aromatic N) is 1. The van der Waals surface area contributed by atoms with Crippen LogP contribution in [0.3, 0.4) is 0 Å². The minimum Gasteiger partial charge on any atom is -0.507 e. The molecule has 0 atom stereocenters. The molecule has 3 nitrogen and oxygen atoms in total. The van der Waals surface area contributed by atoms with Crippen molar-refractivity contribution in [3.63, 3.8) is 0 Å². The van der Waals surface area contributed by atoms with E-state index in [2.05, 4.69) is 4.98 Å². The lowest BCUT2D eigenvalue weighted by molar-refractivity contribution is 0.102. The van der Waals surface area contributed by atoms with Crippen molar-refractivity contribution >= 4 is 5.78 Å². The van der Waals surface area contributed by atoms with E-state index in [9.17, 15) is 18.7 Å². The Balaban J connectivity index is 2.54. The van der Waals surface area contributed by atoms with Crippen LogP contribution in [-0.2, 0) is 0 Å². The third kappa shape index (κ3) is 2.20. The maximum Gasteiger partial charge on any atom is 0.264 e. The molecule has 1 aromatic carbocycles. The van der Waals surface area contributed by atoms with Gasteiger partial charge in [-0.15, -0.1) is 0 Å². The molecule has 0 radical (unpaired) electrons. The summed E-state index contributed by atoms with van der Waals surface area (Å²) in [5.74, 6) is -1.13. The molecular formula is C13H9F2NO2. The van der Waals surface area contributed by atoms with Crippen molar-refractivity contribution in [1.29, 1.82) is 0 Å². The molecule has 0 aliphatic rings. The van der Waals surface area contributed by atoms with Crippen LogP contribution >= 0.6 is 0 Å². The Morgan fingerprint density at radius 2 is 2.00 bits per heavy atom. The van der Waals surface area contributed by atoms with Gasteiger partial charge < -0.3 is 5.11 Å². The highest BCUT2D eigenvalue weighted by Gasteiger charge is 2.22. The molecular weight excluding hydrogens is 240 g/mol. The van der Waals surface area contributed by atoms with Gasteiger partial charge in [-0.3, -0.25) is 9.78 Å². The Hall–Kier alpha value is -2.30. The molecule has 92 valence electrons. The van der Waals surface area contributed by atoms with Crippen molar-refractivity contribution in [2.45, 2.75) is 6.43 Å².